The maximum Gasteiger partial charge on any atom is 0.311 e. The van der Waals surface area contributed by atoms with Crippen LogP contribution < -0.4 is 0 Å². The zero-order chi connectivity index (χ0) is 13.7. The Labute approximate surface area is 107 Å². The minimum atomic E-state index is -2.90. The number of carbonyl (C=O) groups is 1. The van der Waals surface area contributed by atoms with E-state index in [1.165, 1.54) is 0 Å². The lowest BCUT2D eigenvalue weighted by Gasteiger charge is -2.08. The van der Waals surface area contributed by atoms with E-state index in [4.69, 9.17) is 16.9 Å². The molecule has 0 fully saturated rings. The Kier molecular flexibility index (Phi) is 4.98. The number of hydrogen-bond donors (Lipinski definition) is 0. The Hall–Kier alpha value is -1.74. The fourth-order valence-corrected chi connectivity index (χ4v) is 1.49. The molecule has 4 nitrogen and oxygen atoms in total. The molecule has 1 rings (SSSR count). The third kappa shape index (κ3) is 3.37. The summed E-state index contributed by atoms with van der Waals surface area (Å²) in [6.07, 6.45) is -3.21. The summed E-state index contributed by atoms with van der Waals surface area (Å²) < 4.78 is 29.9. The highest BCUT2D eigenvalue weighted by atomic mass is 35.5. The Bertz CT molecular complexity index is 501. The fraction of sp³-hybridized carbons (Fsp3) is 0.364. The second-order valence-electron chi connectivity index (χ2n) is 3.24. The minimum Gasteiger partial charge on any atom is -0.466 e. The molecule has 1 aromatic heterocycles. The number of hydrogen-bond acceptors (Lipinski definition) is 4. The topological polar surface area (TPSA) is 63.0 Å². The molecule has 1 aromatic rings. The molecule has 0 unspecified atom stereocenters. The number of aromatic nitrogens is 1. The quantitative estimate of drug-likeness (QED) is 0.792. The van der Waals surface area contributed by atoms with E-state index in [1.807, 2.05) is 0 Å². The van der Waals surface area contributed by atoms with Gasteiger partial charge in [-0.2, -0.15) is 5.26 Å². The molecule has 0 radical (unpaired) electrons. The van der Waals surface area contributed by atoms with Crippen molar-refractivity contribution in [3.05, 3.63) is 28.0 Å². The van der Waals surface area contributed by atoms with Gasteiger partial charge in [-0.25, -0.2) is 13.8 Å². The van der Waals surface area contributed by atoms with Crippen LogP contribution in [0.5, 0.6) is 0 Å². The van der Waals surface area contributed by atoms with Crippen LogP contribution in [0.3, 0.4) is 0 Å². The summed E-state index contributed by atoms with van der Waals surface area (Å²) in [5.74, 6) is -0.614. The van der Waals surface area contributed by atoms with Crippen molar-refractivity contribution in [1.82, 2.24) is 4.98 Å². The first-order chi connectivity index (χ1) is 8.49. The number of alkyl halides is 2. The Morgan fingerprint density at radius 1 is 1.67 bits per heavy atom. The molecule has 0 amide bonds. The fourth-order valence-electron chi connectivity index (χ4n) is 1.27. The van der Waals surface area contributed by atoms with Gasteiger partial charge in [0.1, 0.15) is 11.8 Å². The van der Waals surface area contributed by atoms with Crippen molar-refractivity contribution in [2.24, 2.45) is 0 Å². The molecule has 0 saturated heterocycles. The van der Waals surface area contributed by atoms with Crippen LogP contribution in [0.2, 0.25) is 5.02 Å². The molecule has 1 heterocycles. The van der Waals surface area contributed by atoms with Crippen molar-refractivity contribution >= 4 is 17.6 Å². The maximum atomic E-state index is 12.6. The average Bonchev–Trinajstić information content (AvgIpc) is 2.31. The number of nitriles is 1. The van der Waals surface area contributed by atoms with Crippen molar-refractivity contribution < 1.29 is 18.3 Å². The van der Waals surface area contributed by atoms with Gasteiger partial charge < -0.3 is 4.74 Å². The van der Waals surface area contributed by atoms with Gasteiger partial charge in [-0.3, -0.25) is 4.79 Å². The second-order valence-corrected chi connectivity index (χ2v) is 3.65. The van der Waals surface area contributed by atoms with Crippen LogP contribution in [-0.4, -0.2) is 17.6 Å². The lowest BCUT2D eigenvalue weighted by atomic mass is 10.1. The van der Waals surface area contributed by atoms with E-state index in [9.17, 15) is 13.6 Å². The molecule has 0 atom stereocenters. The number of pyridine rings is 1. The van der Waals surface area contributed by atoms with Crippen molar-refractivity contribution in [3.63, 3.8) is 0 Å². The first-order valence-electron chi connectivity index (χ1n) is 5.02. The highest BCUT2D eigenvalue weighted by Crippen LogP contribution is 2.25. The number of rotatable bonds is 4. The molecule has 7 heteroatoms. The molecule has 18 heavy (non-hydrogen) atoms. The monoisotopic (exact) mass is 274 g/mol. The molecule has 0 aliphatic heterocycles. The molecule has 0 aliphatic carbocycles. The largest absolute Gasteiger partial charge is 0.466 e. The molecule has 0 spiro atoms. The second kappa shape index (κ2) is 6.26. The Morgan fingerprint density at radius 3 is 2.83 bits per heavy atom. The van der Waals surface area contributed by atoms with E-state index >= 15 is 0 Å². The summed E-state index contributed by atoms with van der Waals surface area (Å²) in [6, 6.07) is 2.65. The summed E-state index contributed by atoms with van der Waals surface area (Å²) in [7, 11) is 0. The van der Waals surface area contributed by atoms with E-state index in [0.717, 1.165) is 6.07 Å². The summed E-state index contributed by atoms with van der Waals surface area (Å²) in [5, 5.41) is 8.66. The van der Waals surface area contributed by atoms with Gasteiger partial charge in [-0.05, 0) is 13.0 Å². The van der Waals surface area contributed by atoms with Crippen LogP contribution in [0.15, 0.2) is 6.07 Å². The molecule has 0 saturated carbocycles. The predicted molar refractivity (Wildman–Crippen MR) is 59.3 cm³/mol. The van der Waals surface area contributed by atoms with Gasteiger partial charge in [0.15, 0.2) is 0 Å². The highest BCUT2D eigenvalue weighted by molar-refractivity contribution is 6.31. The van der Waals surface area contributed by atoms with Crippen molar-refractivity contribution in [2.45, 2.75) is 19.8 Å². The standard InChI is InChI=1S/C11H9ClF2N2O2/c1-2-18-9(17)4-8-7(12)3-6(5-15)10(16-8)11(13)14/h3,11H,2,4H2,1H3. The number of nitrogens with zero attached hydrogens (tertiary/aromatic N) is 2. The molecular weight excluding hydrogens is 266 g/mol. The van der Waals surface area contributed by atoms with Crippen LogP contribution in [0, 0.1) is 11.3 Å². The normalized spacial score (nSPS) is 10.2. The van der Waals surface area contributed by atoms with E-state index in [0.29, 0.717) is 0 Å². The number of carbonyl (C=O) groups excluding carboxylic acids is 1. The number of halogens is 3. The van der Waals surface area contributed by atoms with E-state index < -0.39 is 18.1 Å². The summed E-state index contributed by atoms with van der Waals surface area (Å²) in [5.41, 5.74) is -1.01. The van der Waals surface area contributed by atoms with Crippen LogP contribution >= 0.6 is 11.6 Å². The molecule has 0 aliphatic rings. The summed E-state index contributed by atoms with van der Waals surface area (Å²) in [4.78, 5) is 14.8. The summed E-state index contributed by atoms with van der Waals surface area (Å²) >= 11 is 5.76. The van der Waals surface area contributed by atoms with Crippen molar-refractivity contribution in [1.29, 1.82) is 5.26 Å². The first kappa shape index (κ1) is 14.3. The zero-order valence-electron chi connectivity index (χ0n) is 9.41. The molecule has 96 valence electrons. The lowest BCUT2D eigenvalue weighted by Crippen LogP contribution is -2.11. The Balaban J connectivity index is 3.10. The zero-order valence-corrected chi connectivity index (χ0v) is 10.2. The van der Waals surface area contributed by atoms with Gasteiger partial charge in [0, 0.05) is 0 Å². The lowest BCUT2D eigenvalue weighted by molar-refractivity contribution is -0.142. The maximum absolute atomic E-state index is 12.6. The van der Waals surface area contributed by atoms with Gasteiger partial charge in [-0.1, -0.05) is 11.6 Å². The van der Waals surface area contributed by atoms with Gasteiger partial charge >= 0.3 is 5.97 Å². The number of ether oxygens (including phenoxy) is 1. The highest BCUT2D eigenvalue weighted by Gasteiger charge is 2.19. The van der Waals surface area contributed by atoms with E-state index in [2.05, 4.69) is 9.72 Å². The number of esters is 1. The molecule has 0 bridgehead atoms. The average molecular weight is 275 g/mol. The van der Waals surface area contributed by atoms with Crippen LogP contribution in [-0.2, 0) is 16.0 Å². The predicted octanol–water partition coefficient (Wildman–Crippen LogP) is 2.65. The van der Waals surface area contributed by atoms with Crippen molar-refractivity contribution in [2.75, 3.05) is 6.61 Å². The van der Waals surface area contributed by atoms with Crippen LogP contribution in [0.25, 0.3) is 0 Å². The smallest absolute Gasteiger partial charge is 0.311 e. The van der Waals surface area contributed by atoms with Gasteiger partial charge in [0.2, 0.25) is 0 Å². The van der Waals surface area contributed by atoms with Gasteiger partial charge in [-0.15, -0.1) is 0 Å². The van der Waals surface area contributed by atoms with Crippen LogP contribution in [0.4, 0.5) is 8.78 Å². The molecule has 0 aromatic carbocycles. The Morgan fingerprint density at radius 2 is 2.33 bits per heavy atom. The SMILES string of the molecule is CCOC(=O)Cc1nc(C(F)F)c(C#N)cc1Cl. The molecule has 0 N–H and O–H groups in total. The first-order valence-corrected chi connectivity index (χ1v) is 5.40. The third-order valence-electron chi connectivity index (χ3n) is 2.02. The van der Waals surface area contributed by atoms with Gasteiger partial charge in [0.05, 0.1) is 29.3 Å². The minimum absolute atomic E-state index is 0.0102. The van der Waals surface area contributed by atoms with Gasteiger partial charge in [0.25, 0.3) is 6.43 Å². The molecular formula is C11H9ClF2N2O2. The van der Waals surface area contributed by atoms with Crippen LogP contribution in [0.1, 0.15) is 30.3 Å². The third-order valence-corrected chi connectivity index (χ3v) is 2.35. The van der Waals surface area contributed by atoms with Crippen molar-refractivity contribution in [3.8, 4) is 6.07 Å². The summed E-state index contributed by atoms with van der Waals surface area (Å²) in [6.45, 7) is 1.80. The van der Waals surface area contributed by atoms with E-state index in [-0.39, 0.29) is 29.3 Å². The van der Waals surface area contributed by atoms with E-state index in [1.54, 1.807) is 13.0 Å².